The lowest BCUT2D eigenvalue weighted by atomic mass is 10.2. The van der Waals surface area contributed by atoms with Gasteiger partial charge in [0.25, 0.3) is 6.01 Å². The van der Waals surface area contributed by atoms with Crippen molar-refractivity contribution in [1.29, 1.82) is 0 Å². The Bertz CT molecular complexity index is 814. The maximum atomic E-state index is 6.09. The second-order valence-electron chi connectivity index (χ2n) is 4.64. The second kappa shape index (κ2) is 5.18. The molecule has 0 bridgehead atoms. The molecule has 3 N–H and O–H groups in total. The van der Waals surface area contributed by atoms with Crippen LogP contribution in [-0.2, 0) is 0 Å². The van der Waals surface area contributed by atoms with Gasteiger partial charge in [-0.2, -0.15) is 4.98 Å². The number of para-hydroxylation sites is 1. The quantitative estimate of drug-likeness (QED) is 0.712. The predicted molar refractivity (Wildman–Crippen MR) is 84.4 cm³/mol. The number of nitrogen functional groups attached to an aromatic ring is 1. The fourth-order valence-corrected chi connectivity index (χ4v) is 2.22. The van der Waals surface area contributed by atoms with E-state index < -0.39 is 0 Å². The minimum absolute atomic E-state index is 0.350. The van der Waals surface area contributed by atoms with Gasteiger partial charge in [-0.1, -0.05) is 17.7 Å². The summed E-state index contributed by atoms with van der Waals surface area (Å²) in [6.07, 6.45) is 0. The lowest BCUT2D eigenvalue weighted by Gasteiger charge is -2.10. The molecular weight excluding hydrogens is 290 g/mol. The minimum atomic E-state index is 0.350. The molecule has 108 valence electrons. The van der Waals surface area contributed by atoms with Crippen molar-refractivity contribution in [2.75, 3.05) is 18.2 Å². The Morgan fingerprint density at radius 1 is 1.33 bits per heavy atom. The Balaban J connectivity index is 2.02. The Morgan fingerprint density at radius 2 is 2.14 bits per heavy atom. The third-order valence-electron chi connectivity index (χ3n) is 3.17. The lowest BCUT2D eigenvalue weighted by molar-refractivity contribution is 0.416. The number of ether oxygens (including phenoxy) is 1. The van der Waals surface area contributed by atoms with Crippen LogP contribution in [0.2, 0.25) is 5.02 Å². The number of fused-ring (bicyclic) bond motifs is 1. The summed E-state index contributed by atoms with van der Waals surface area (Å²) >= 11 is 6.09. The highest BCUT2D eigenvalue weighted by atomic mass is 35.5. The second-order valence-corrected chi connectivity index (χ2v) is 5.05. The fourth-order valence-electron chi connectivity index (χ4n) is 2.07. The van der Waals surface area contributed by atoms with Crippen molar-refractivity contribution in [3.63, 3.8) is 0 Å². The van der Waals surface area contributed by atoms with E-state index >= 15 is 0 Å². The van der Waals surface area contributed by atoms with Gasteiger partial charge in [0.05, 0.1) is 18.5 Å². The van der Waals surface area contributed by atoms with Crippen molar-refractivity contribution in [3.8, 4) is 5.75 Å². The number of methoxy groups -OCH3 is 1. The number of hydrogen-bond donors (Lipinski definition) is 2. The number of benzene rings is 2. The van der Waals surface area contributed by atoms with Crippen LogP contribution >= 0.6 is 11.6 Å². The number of anilines is 3. The third kappa shape index (κ3) is 2.48. The first-order valence-electron chi connectivity index (χ1n) is 6.34. The predicted octanol–water partition coefficient (Wildman–Crippen LogP) is 4.12. The molecule has 2 aromatic carbocycles. The smallest absolute Gasteiger partial charge is 0.300 e. The van der Waals surface area contributed by atoms with Crippen molar-refractivity contribution < 1.29 is 9.15 Å². The van der Waals surface area contributed by atoms with Crippen LogP contribution in [0.1, 0.15) is 5.56 Å². The van der Waals surface area contributed by atoms with E-state index in [2.05, 4.69) is 10.3 Å². The summed E-state index contributed by atoms with van der Waals surface area (Å²) in [5.74, 6) is 0.612. The highest BCUT2D eigenvalue weighted by molar-refractivity contribution is 6.31. The summed E-state index contributed by atoms with van der Waals surface area (Å²) in [6, 6.07) is 9.38. The van der Waals surface area contributed by atoms with Gasteiger partial charge in [0.15, 0.2) is 5.58 Å². The molecule has 0 atom stereocenters. The minimum Gasteiger partial charge on any atom is -0.495 e. The van der Waals surface area contributed by atoms with Gasteiger partial charge < -0.3 is 20.2 Å². The molecule has 0 unspecified atom stereocenters. The Morgan fingerprint density at radius 3 is 2.86 bits per heavy atom. The summed E-state index contributed by atoms with van der Waals surface area (Å²) in [5.41, 5.74) is 9.35. The number of rotatable bonds is 3. The van der Waals surface area contributed by atoms with E-state index in [1.165, 1.54) is 0 Å². The molecular formula is C15H14ClN3O2. The molecule has 0 spiro atoms. The van der Waals surface area contributed by atoms with Crippen LogP contribution in [0.25, 0.3) is 11.1 Å². The normalized spacial score (nSPS) is 10.8. The Kier molecular flexibility index (Phi) is 3.35. The van der Waals surface area contributed by atoms with E-state index in [0.717, 1.165) is 11.3 Å². The van der Waals surface area contributed by atoms with Gasteiger partial charge in [0, 0.05) is 11.1 Å². The van der Waals surface area contributed by atoms with Crippen molar-refractivity contribution >= 4 is 40.1 Å². The molecule has 3 rings (SSSR count). The van der Waals surface area contributed by atoms with Gasteiger partial charge >= 0.3 is 0 Å². The largest absolute Gasteiger partial charge is 0.495 e. The van der Waals surface area contributed by atoms with Crippen molar-refractivity contribution in [1.82, 2.24) is 4.98 Å². The SMILES string of the molecule is COc1cc(Cl)c(C)cc1Nc1nc2c(N)cccc2o1. The maximum Gasteiger partial charge on any atom is 0.300 e. The fraction of sp³-hybridized carbons (Fsp3) is 0.133. The topological polar surface area (TPSA) is 73.3 Å². The molecule has 0 saturated heterocycles. The lowest BCUT2D eigenvalue weighted by Crippen LogP contribution is -1.96. The van der Waals surface area contributed by atoms with Crippen molar-refractivity contribution in [2.24, 2.45) is 0 Å². The van der Waals surface area contributed by atoms with Gasteiger partial charge in [-0.15, -0.1) is 0 Å². The number of oxazole rings is 1. The van der Waals surface area contributed by atoms with E-state index in [4.69, 9.17) is 26.5 Å². The molecule has 0 aliphatic carbocycles. The summed E-state index contributed by atoms with van der Waals surface area (Å²) in [6.45, 7) is 1.91. The average molecular weight is 304 g/mol. The van der Waals surface area contributed by atoms with Crippen LogP contribution in [0.3, 0.4) is 0 Å². The van der Waals surface area contributed by atoms with Gasteiger partial charge in [0.2, 0.25) is 0 Å². The number of aromatic nitrogens is 1. The molecule has 3 aromatic rings. The zero-order valence-corrected chi connectivity index (χ0v) is 12.4. The Labute approximate surface area is 126 Å². The summed E-state index contributed by atoms with van der Waals surface area (Å²) in [4.78, 5) is 4.34. The third-order valence-corrected chi connectivity index (χ3v) is 3.58. The maximum absolute atomic E-state index is 6.09. The molecule has 21 heavy (non-hydrogen) atoms. The number of aryl methyl sites for hydroxylation is 1. The molecule has 6 heteroatoms. The average Bonchev–Trinajstić information content (AvgIpc) is 2.86. The first kappa shape index (κ1) is 13.6. The zero-order valence-electron chi connectivity index (χ0n) is 11.6. The van der Waals surface area contributed by atoms with Gasteiger partial charge in [-0.05, 0) is 30.7 Å². The first-order chi connectivity index (χ1) is 10.1. The molecule has 0 amide bonds. The van der Waals surface area contributed by atoms with E-state index in [1.54, 1.807) is 19.2 Å². The molecule has 0 aliphatic heterocycles. The summed E-state index contributed by atoms with van der Waals surface area (Å²) in [7, 11) is 1.58. The Hall–Kier alpha value is -2.40. The molecule has 0 fully saturated rings. The standard InChI is InChI=1S/C15H14ClN3O2/c1-8-6-11(13(20-2)7-9(8)16)18-15-19-14-10(17)4-3-5-12(14)21-15/h3-7H,17H2,1-2H3,(H,18,19). The van der Waals surface area contributed by atoms with Crippen LogP contribution in [0.5, 0.6) is 5.75 Å². The van der Waals surface area contributed by atoms with E-state index in [9.17, 15) is 0 Å². The summed E-state index contributed by atoms with van der Waals surface area (Å²) < 4.78 is 10.9. The van der Waals surface area contributed by atoms with Crippen LogP contribution in [0, 0.1) is 6.92 Å². The molecule has 5 nitrogen and oxygen atoms in total. The number of nitrogens with two attached hydrogens (primary N) is 1. The number of halogens is 1. The number of hydrogen-bond acceptors (Lipinski definition) is 5. The molecule has 0 aliphatic rings. The zero-order chi connectivity index (χ0) is 15.0. The van der Waals surface area contributed by atoms with Crippen LogP contribution in [0.4, 0.5) is 17.4 Å². The van der Waals surface area contributed by atoms with Gasteiger partial charge in [0.1, 0.15) is 11.3 Å². The molecule has 0 saturated carbocycles. The van der Waals surface area contributed by atoms with E-state index in [-0.39, 0.29) is 0 Å². The van der Waals surface area contributed by atoms with Gasteiger partial charge in [-0.25, -0.2) is 0 Å². The van der Waals surface area contributed by atoms with Crippen molar-refractivity contribution in [3.05, 3.63) is 40.9 Å². The molecule has 1 aromatic heterocycles. The number of nitrogens with one attached hydrogen (secondary N) is 1. The molecule has 0 radical (unpaired) electrons. The van der Waals surface area contributed by atoms with Crippen molar-refractivity contribution in [2.45, 2.75) is 6.92 Å². The highest BCUT2D eigenvalue weighted by Crippen LogP contribution is 2.34. The van der Waals surface area contributed by atoms with Crippen LogP contribution in [0.15, 0.2) is 34.7 Å². The van der Waals surface area contributed by atoms with Gasteiger partial charge in [-0.3, -0.25) is 0 Å². The highest BCUT2D eigenvalue weighted by Gasteiger charge is 2.12. The molecule has 1 heterocycles. The van der Waals surface area contributed by atoms with E-state index in [0.29, 0.717) is 33.6 Å². The first-order valence-corrected chi connectivity index (χ1v) is 6.72. The summed E-state index contributed by atoms with van der Waals surface area (Å²) in [5, 5.41) is 3.73. The monoisotopic (exact) mass is 303 g/mol. The van der Waals surface area contributed by atoms with Crippen LogP contribution < -0.4 is 15.8 Å². The van der Waals surface area contributed by atoms with E-state index in [1.807, 2.05) is 25.1 Å². The number of nitrogens with zero attached hydrogens (tertiary/aromatic N) is 1. The van der Waals surface area contributed by atoms with Crippen LogP contribution in [-0.4, -0.2) is 12.1 Å².